The quantitative estimate of drug-likeness (QED) is 0.252. The van der Waals surface area contributed by atoms with Gasteiger partial charge >= 0.3 is 12.1 Å². The summed E-state index contributed by atoms with van der Waals surface area (Å²) in [5.74, 6) is 1.37. The van der Waals surface area contributed by atoms with Gasteiger partial charge in [0, 0.05) is 25.4 Å². The van der Waals surface area contributed by atoms with E-state index in [1.54, 1.807) is 65.3 Å². The van der Waals surface area contributed by atoms with Gasteiger partial charge in [0.1, 0.15) is 11.4 Å². The Morgan fingerprint density at radius 1 is 1.00 bits per heavy atom. The van der Waals surface area contributed by atoms with Gasteiger partial charge in [-0.05, 0) is 50.6 Å². The maximum absolute atomic E-state index is 12.2. The molecule has 2 heterocycles. The third kappa shape index (κ3) is 8.23. The van der Waals surface area contributed by atoms with Crippen LogP contribution in [0.25, 0.3) is 10.7 Å². The Kier molecular flexibility index (Phi) is 8.77. The van der Waals surface area contributed by atoms with Crippen molar-refractivity contribution in [3.05, 3.63) is 71.9 Å². The minimum absolute atomic E-state index is 0.0947. The number of carbonyl (C=O) groups excluding carboxylic acids is 2. The van der Waals surface area contributed by atoms with Crippen LogP contribution < -0.4 is 10.1 Å². The van der Waals surface area contributed by atoms with Crippen LogP contribution in [0.5, 0.6) is 11.8 Å². The van der Waals surface area contributed by atoms with Gasteiger partial charge < -0.3 is 14.4 Å². The molecule has 0 aliphatic rings. The molecular formula is C27H28N6O4S2. The van der Waals surface area contributed by atoms with E-state index in [1.807, 2.05) is 30.3 Å². The number of ether oxygens (including phenoxy) is 2. The van der Waals surface area contributed by atoms with Gasteiger partial charge in [-0.1, -0.05) is 53.4 Å². The molecule has 0 atom stereocenters. The molecule has 0 radical (unpaired) electrons. The predicted octanol–water partition coefficient (Wildman–Crippen LogP) is 6.13. The Balaban J connectivity index is 1.58. The van der Waals surface area contributed by atoms with Gasteiger partial charge in [-0.25, -0.2) is 14.8 Å². The molecule has 4 aromatic rings. The zero-order valence-corrected chi connectivity index (χ0v) is 23.8. The van der Waals surface area contributed by atoms with E-state index in [0.29, 0.717) is 38.1 Å². The maximum atomic E-state index is 12.2. The normalized spacial score (nSPS) is 11.1. The summed E-state index contributed by atoms with van der Waals surface area (Å²) in [5.41, 5.74) is 1.03. The number of carbonyl (C=O) groups is 2. The third-order valence-electron chi connectivity index (χ3n) is 4.86. The molecular weight excluding hydrogens is 536 g/mol. The van der Waals surface area contributed by atoms with Gasteiger partial charge in [0.15, 0.2) is 16.1 Å². The summed E-state index contributed by atoms with van der Waals surface area (Å²) in [6, 6.07) is 16.8. The Morgan fingerprint density at radius 2 is 1.72 bits per heavy atom. The monoisotopic (exact) mass is 564 g/mol. The lowest BCUT2D eigenvalue weighted by Gasteiger charge is -2.18. The minimum Gasteiger partial charge on any atom is -0.444 e. The highest BCUT2D eigenvalue weighted by Crippen LogP contribution is 2.31. The number of thioether (sulfide) groups is 1. The van der Waals surface area contributed by atoms with Crippen molar-refractivity contribution in [2.75, 3.05) is 19.4 Å². The largest absolute Gasteiger partial charge is 0.444 e. The van der Waals surface area contributed by atoms with Gasteiger partial charge in [-0.2, -0.15) is 9.97 Å². The summed E-state index contributed by atoms with van der Waals surface area (Å²) in [7, 11) is 3.39. The highest BCUT2D eigenvalue weighted by molar-refractivity contribution is 7.98. The molecule has 0 unspecified atom stereocenters. The summed E-state index contributed by atoms with van der Waals surface area (Å²) in [4.78, 5) is 44.3. The number of hydrogen-bond donors (Lipinski definition) is 1. The third-order valence-corrected chi connectivity index (χ3v) is 6.68. The predicted molar refractivity (Wildman–Crippen MR) is 151 cm³/mol. The van der Waals surface area contributed by atoms with Crippen LogP contribution in [-0.4, -0.2) is 56.5 Å². The van der Waals surface area contributed by atoms with Crippen molar-refractivity contribution in [2.45, 2.75) is 37.3 Å². The van der Waals surface area contributed by atoms with Gasteiger partial charge in [0.2, 0.25) is 0 Å². The van der Waals surface area contributed by atoms with Crippen LogP contribution >= 0.6 is 23.1 Å². The zero-order valence-electron chi connectivity index (χ0n) is 22.2. The van der Waals surface area contributed by atoms with Crippen LogP contribution in [0.3, 0.4) is 0 Å². The molecule has 0 bridgehead atoms. The maximum Gasteiger partial charge on any atom is 0.413 e. The molecule has 2 aromatic carbocycles. The summed E-state index contributed by atoms with van der Waals surface area (Å²) >= 11 is 2.65. The molecule has 1 N–H and O–H groups in total. The van der Waals surface area contributed by atoms with Crippen molar-refractivity contribution in [3.63, 3.8) is 0 Å². The second-order valence-corrected chi connectivity index (χ2v) is 11.5. The van der Waals surface area contributed by atoms with Gasteiger partial charge in [-0.15, -0.1) is 0 Å². The molecule has 39 heavy (non-hydrogen) atoms. The van der Waals surface area contributed by atoms with Gasteiger partial charge in [-0.3, -0.25) is 10.1 Å². The number of aromatic nitrogens is 4. The standard InChI is InChI=1S/C27H28N6O4S2/c1-27(2,3)37-26(35)32-24-28-15-20(39-24)21-29-23(31-25(30-21)38-16-17-9-7-6-8-10-17)36-19-13-11-18(12-14-19)22(34)33(4)5/h6-15H,16H2,1-5H3,(H,28,32,35). The second-order valence-electron chi connectivity index (χ2n) is 9.48. The molecule has 0 saturated carbocycles. The fourth-order valence-electron chi connectivity index (χ4n) is 3.14. The molecule has 0 spiro atoms. The van der Waals surface area contributed by atoms with E-state index >= 15 is 0 Å². The second kappa shape index (κ2) is 12.2. The first kappa shape index (κ1) is 28.0. The van der Waals surface area contributed by atoms with E-state index in [4.69, 9.17) is 9.47 Å². The number of rotatable bonds is 8. The topological polar surface area (TPSA) is 119 Å². The van der Waals surface area contributed by atoms with Crippen LogP contribution in [0.1, 0.15) is 36.7 Å². The number of hydrogen-bond acceptors (Lipinski definition) is 10. The molecule has 2 amide bonds. The van der Waals surface area contributed by atoms with Crippen LogP contribution in [0.15, 0.2) is 66.0 Å². The molecule has 0 saturated heterocycles. The van der Waals surface area contributed by atoms with Gasteiger partial charge in [0.05, 0.1) is 11.1 Å². The lowest BCUT2D eigenvalue weighted by atomic mass is 10.2. The fourth-order valence-corrected chi connectivity index (χ4v) is 4.65. The molecule has 4 rings (SSSR count). The first-order valence-corrected chi connectivity index (χ1v) is 13.7. The lowest BCUT2D eigenvalue weighted by molar-refractivity contribution is 0.0635. The highest BCUT2D eigenvalue weighted by Gasteiger charge is 2.19. The number of thiazole rings is 1. The smallest absolute Gasteiger partial charge is 0.413 e. The average molecular weight is 565 g/mol. The molecule has 0 aliphatic carbocycles. The van der Waals surface area contributed by atoms with Crippen LogP contribution in [0.4, 0.5) is 9.93 Å². The fraction of sp³-hybridized carbons (Fsp3) is 0.259. The summed E-state index contributed by atoms with van der Waals surface area (Å²) in [6.07, 6.45) is 0.974. The van der Waals surface area contributed by atoms with Gasteiger partial charge in [0.25, 0.3) is 5.91 Å². The van der Waals surface area contributed by atoms with Crippen molar-refractivity contribution in [1.29, 1.82) is 0 Å². The Morgan fingerprint density at radius 3 is 2.38 bits per heavy atom. The Hall–Kier alpha value is -4.03. The molecule has 2 aromatic heterocycles. The molecule has 10 nitrogen and oxygen atoms in total. The Bertz CT molecular complexity index is 1440. The number of anilines is 1. The van der Waals surface area contributed by atoms with Crippen molar-refractivity contribution < 1.29 is 19.1 Å². The SMILES string of the molecule is CN(C)C(=O)c1ccc(Oc2nc(SCc3ccccc3)nc(-c3cnc(NC(=O)OC(C)(C)C)s3)n2)cc1. The van der Waals surface area contributed by atoms with Crippen molar-refractivity contribution in [1.82, 2.24) is 24.8 Å². The Labute approximate surface area is 234 Å². The molecule has 12 heteroatoms. The minimum atomic E-state index is -0.631. The first-order chi connectivity index (χ1) is 18.6. The summed E-state index contributed by atoms with van der Waals surface area (Å²) in [5, 5.41) is 3.45. The van der Waals surface area contributed by atoms with Crippen LogP contribution in [0.2, 0.25) is 0 Å². The number of nitrogens with zero attached hydrogens (tertiary/aromatic N) is 5. The average Bonchev–Trinajstić information content (AvgIpc) is 3.35. The van der Waals surface area contributed by atoms with Crippen molar-refractivity contribution >= 4 is 40.2 Å². The first-order valence-electron chi connectivity index (χ1n) is 11.9. The molecule has 202 valence electrons. The van der Waals surface area contributed by atoms with E-state index in [-0.39, 0.29) is 11.9 Å². The lowest BCUT2D eigenvalue weighted by Crippen LogP contribution is -2.27. The molecule has 0 aliphatic heterocycles. The van der Waals surface area contributed by atoms with E-state index in [0.717, 1.165) is 5.56 Å². The van der Waals surface area contributed by atoms with Crippen LogP contribution in [-0.2, 0) is 10.5 Å². The van der Waals surface area contributed by atoms with E-state index in [2.05, 4.69) is 25.3 Å². The van der Waals surface area contributed by atoms with E-state index in [1.165, 1.54) is 28.0 Å². The summed E-state index contributed by atoms with van der Waals surface area (Å²) < 4.78 is 11.2. The molecule has 0 fully saturated rings. The summed E-state index contributed by atoms with van der Waals surface area (Å²) in [6.45, 7) is 5.36. The highest BCUT2D eigenvalue weighted by atomic mass is 32.2. The number of benzene rings is 2. The van der Waals surface area contributed by atoms with Crippen molar-refractivity contribution in [3.8, 4) is 22.5 Å². The van der Waals surface area contributed by atoms with E-state index < -0.39 is 11.7 Å². The van der Waals surface area contributed by atoms with E-state index in [9.17, 15) is 9.59 Å². The van der Waals surface area contributed by atoms with Crippen LogP contribution in [0, 0.1) is 0 Å². The van der Waals surface area contributed by atoms with Crippen molar-refractivity contribution in [2.24, 2.45) is 0 Å². The zero-order chi connectivity index (χ0) is 28.0. The number of nitrogens with one attached hydrogen (secondary N) is 1. The number of amides is 2.